The molecule has 0 N–H and O–H groups in total. The Hall–Kier alpha value is -3.44. The number of carbonyl (C=O) groups excluding carboxylic acids is 1. The Balaban J connectivity index is 2.04. The Labute approximate surface area is 168 Å². The highest BCUT2D eigenvalue weighted by Crippen LogP contribution is 2.32. The molecular weight excluding hydrogens is 392 g/mol. The van der Waals surface area contributed by atoms with Gasteiger partial charge in [-0.3, -0.25) is 4.79 Å². The zero-order valence-electron chi connectivity index (χ0n) is 15.9. The minimum absolute atomic E-state index is 0.0218. The van der Waals surface area contributed by atoms with Crippen LogP contribution in [0.4, 0.5) is 0 Å². The Morgan fingerprint density at radius 1 is 1.17 bits per heavy atom. The smallest absolute Gasteiger partial charge is 0.309 e. The Bertz CT molecular complexity index is 1210. The quantitative estimate of drug-likeness (QED) is 0.573. The van der Waals surface area contributed by atoms with Gasteiger partial charge in [0.05, 0.1) is 35.8 Å². The van der Waals surface area contributed by atoms with E-state index in [0.29, 0.717) is 22.3 Å². The number of pyridine rings is 1. The lowest BCUT2D eigenvalue weighted by molar-refractivity contribution is -0.139. The third-order valence-electron chi connectivity index (χ3n) is 4.34. The molecule has 0 saturated carbocycles. The second kappa shape index (κ2) is 8.29. The molecule has 0 bridgehead atoms. The first-order valence-corrected chi connectivity index (χ1v) is 10.4. The summed E-state index contributed by atoms with van der Waals surface area (Å²) in [6.45, 7) is 1.56. The fourth-order valence-corrected chi connectivity index (χ4v) is 3.59. The average Bonchev–Trinajstić information content (AvgIpc) is 2.73. The van der Waals surface area contributed by atoms with Crippen LogP contribution < -0.4 is 4.74 Å². The van der Waals surface area contributed by atoms with Gasteiger partial charge in [0, 0.05) is 17.6 Å². The van der Waals surface area contributed by atoms with Gasteiger partial charge in [0.2, 0.25) is 5.88 Å². The first-order valence-electron chi connectivity index (χ1n) is 8.76. The van der Waals surface area contributed by atoms with Crippen LogP contribution in [-0.2, 0) is 25.8 Å². The van der Waals surface area contributed by atoms with E-state index in [-0.39, 0.29) is 22.9 Å². The number of sulfone groups is 1. The van der Waals surface area contributed by atoms with E-state index in [1.807, 2.05) is 6.07 Å². The Kier molecular flexibility index (Phi) is 5.80. The van der Waals surface area contributed by atoms with Crippen LogP contribution in [0.1, 0.15) is 18.1 Å². The van der Waals surface area contributed by atoms with Gasteiger partial charge in [0.1, 0.15) is 5.75 Å². The van der Waals surface area contributed by atoms with Crippen LogP contribution in [0.5, 0.6) is 11.6 Å². The standard InChI is InChI=1S/C21H18N2O5S/c1-3-29(25,26)17-6-7-20(23-13-17)28-19-10-15(11-21(24)27-2)8-16-5-4-14(12-22)9-18(16)19/h4-10,13H,3,11H2,1-2H3. The summed E-state index contributed by atoms with van der Waals surface area (Å²) < 4.78 is 34.5. The second-order valence-electron chi connectivity index (χ2n) is 6.23. The maximum Gasteiger partial charge on any atom is 0.309 e. The van der Waals surface area contributed by atoms with Crippen molar-refractivity contribution < 1.29 is 22.7 Å². The lowest BCUT2D eigenvalue weighted by Crippen LogP contribution is -2.05. The van der Waals surface area contributed by atoms with Gasteiger partial charge < -0.3 is 9.47 Å². The van der Waals surface area contributed by atoms with Gasteiger partial charge in [0.15, 0.2) is 9.84 Å². The molecule has 1 heterocycles. The number of esters is 1. The number of nitrogens with zero attached hydrogens (tertiary/aromatic N) is 2. The van der Waals surface area contributed by atoms with Crippen molar-refractivity contribution >= 4 is 26.6 Å². The summed E-state index contributed by atoms with van der Waals surface area (Å²) in [5.74, 6) is 0.179. The third-order valence-corrected chi connectivity index (χ3v) is 6.06. The summed E-state index contributed by atoms with van der Waals surface area (Å²) in [6.07, 6.45) is 1.30. The zero-order chi connectivity index (χ0) is 21.0. The average molecular weight is 410 g/mol. The van der Waals surface area contributed by atoms with Crippen molar-refractivity contribution in [2.75, 3.05) is 12.9 Å². The molecule has 0 aliphatic heterocycles. The van der Waals surface area contributed by atoms with Crippen molar-refractivity contribution in [1.82, 2.24) is 4.98 Å². The lowest BCUT2D eigenvalue weighted by Gasteiger charge is -2.12. The van der Waals surface area contributed by atoms with Gasteiger partial charge in [-0.2, -0.15) is 5.26 Å². The number of carbonyl (C=O) groups is 1. The number of methoxy groups -OCH3 is 1. The highest BCUT2D eigenvalue weighted by Gasteiger charge is 2.14. The summed E-state index contributed by atoms with van der Waals surface area (Å²) in [7, 11) is -2.04. The van der Waals surface area contributed by atoms with Crippen LogP contribution >= 0.6 is 0 Å². The molecule has 2 aromatic carbocycles. The van der Waals surface area contributed by atoms with Crippen LogP contribution in [0, 0.1) is 11.3 Å². The number of hydrogen-bond donors (Lipinski definition) is 0. The molecule has 0 amide bonds. The van der Waals surface area contributed by atoms with Crippen LogP contribution in [0.25, 0.3) is 10.8 Å². The van der Waals surface area contributed by atoms with Gasteiger partial charge in [-0.25, -0.2) is 13.4 Å². The number of benzene rings is 2. The molecular formula is C21H18N2O5S. The van der Waals surface area contributed by atoms with Gasteiger partial charge in [-0.1, -0.05) is 19.1 Å². The van der Waals surface area contributed by atoms with Gasteiger partial charge >= 0.3 is 5.97 Å². The van der Waals surface area contributed by atoms with E-state index >= 15 is 0 Å². The van der Waals surface area contributed by atoms with Crippen LogP contribution in [0.3, 0.4) is 0 Å². The van der Waals surface area contributed by atoms with E-state index in [4.69, 9.17) is 9.47 Å². The van der Waals surface area contributed by atoms with E-state index < -0.39 is 15.8 Å². The number of nitriles is 1. The maximum atomic E-state index is 11.9. The largest absolute Gasteiger partial charge is 0.469 e. The number of ether oxygens (including phenoxy) is 2. The van der Waals surface area contributed by atoms with Crippen molar-refractivity contribution in [1.29, 1.82) is 5.26 Å². The fourth-order valence-electron chi connectivity index (χ4n) is 2.77. The first-order chi connectivity index (χ1) is 13.9. The summed E-state index contributed by atoms with van der Waals surface area (Å²) in [4.78, 5) is 15.9. The minimum Gasteiger partial charge on any atom is -0.469 e. The number of fused-ring (bicyclic) bond motifs is 1. The SMILES string of the molecule is CCS(=O)(=O)c1ccc(Oc2cc(CC(=O)OC)cc3ccc(C#N)cc23)nc1. The molecule has 29 heavy (non-hydrogen) atoms. The van der Waals surface area contributed by atoms with Gasteiger partial charge in [-0.05, 0) is 35.2 Å². The summed E-state index contributed by atoms with van der Waals surface area (Å²) >= 11 is 0. The maximum absolute atomic E-state index is 11.9. The van der Waals surface area contributed by atoms with Crippen molar-refractivity contribution in [3.05, 3.63) is 59.8 Å². The molecule has 7 nitrogen and oxygen atoms in total. The van der Waals surface area contributed by atoms with E-state index in [1.54, 1.807) is 31.2 Å². The van der Waals surface area contributed by atoms with Crippen molar-refractivity contribution in [3.63, 3.8) is 0 Å². The summed E-state index contributed by atoms with van der Waals surface area (Å²) in [5, 5.41) is 10.6. The van der Waals surface area contributed by atoms with Crippen LogP contribution in [0.2, 0.25) is 0 Å². The Morgan fingerprint density at radius 2 is 1.97 bits per heavy atom. The lowest BCUT2D eigenvalue weighted by atomic mass is 10.0. The van der Waals surface area contributed by atoms with Crippen LogP contribution in [0.15, 0.2) is 53.6 Å². The van der Waals surface area contributed by atoms with Crippen molar-refractivity contribution in [2.24, 2.45) is 0 Å². The van der Waals surface area contributed by atoms with Crippen molar-refractivity contribution in [3.8, 4) is 17.7 Å². The predicted molar refractivity (Wildman–Crippen MR) is 106 cm³/mol. The molecule has 0 radical (unpaired) electrons. The molecule has 0 spiro atoms. The van der Waals surface area contributed by atoms with E-state index in [9.17, 15) is 18.5 Å². The molecule has 148 valence electrons. The highest BCUT2D eigenvalue weighted by molar-refractivity contribution is 7.91. The second-order valence-corrected chi connectivity index (χ2v) is 8.51. The molecule has 0 saturated heterocycles. The third kappa shape index (κ3) is 4.52. The highest BCUT2D eigenvalue weighted by atomic mass is 32.2. The van der Waals surface area contributed by atoms with Gasteiger partial charge in [0.25, 0.3) is 0 Å². The van der Waals surface area contributed by atoms with Crippen LogP contribution in [-0.4, -0.2) is 32.2 Å². The molecule has 3 rings (SSSR count). The molecule has 0 aliphatic rings. The van der Waals surface area contributed by atoms with E-state index in [0.717, 1.165) is 5.39 Å². The monoisotopic (exact) mass is 410 g/mol. The molecule has 3 aromatic rings. The normalized spacial score (nSPS) is 11.1. The van der Waals surface area contributed by atoms with E-state index in [2.05, 4.69) is 11.1 Å². The van der Waals surface area contributed by atoms with Gasteiger partial charge in [-0.15, -0.1) is 0 Å². The molecule has 8 heteroatoms. The molecule has 0 unspecified atom stereocenters. The minimum atomic E-state index is -3.36. The summed E-state index contributed by atoms with van der Waals surface area (Å²) in [5.41, 5.74) is 1.13. The number of aromatic nitrogens is 1. The zero-order valence-corrected chi connectivity index (χ0v) is 16.7. The summed E-state index contributed by atoms with van der Waals surface area (Å²) in [6, 6.07) is 13.6. The first kappa shape index (κ1) is 20.3. The molecule has 0 aliphatic carbocycles. The Morgan fingerprint density at radius 3 is 2.59 bits per heavy atom. The van der Waals surface area contributed by atoms with Crippen molar-refractivity contribution in [2.45, 2.75) is 18.2 Å². The number of rotatable bonds is 6. The fraction of sp³-hybridized carbons (Fsp3) is 0.190. The topological polar surface area (TPSA) is 106 Å². The number of hydrogen-bond acceptors (Lipinski definition) is 7. The molecule has 0 atom stereocenters. The molecule has 1 aromatic heterocycles. The predicted octanol–water partition coefficient (Wildman–Crippen LogP) is 3.41. The molecule has 0 fully saturated rings. The van der Waals surface area contributed by atoms with E-state index in [1.165, 1.54) is 25.4 Å².